The van der Waals surface area contributed by atoms with Crippen LogP contribution in [0.4, 0.5) is 18.0 Å². The normalized spacial score (nSPS) is 15.5. The molecule has 0 saturated carbocycles. The van der Waals surface area contributed by atoms with E-state index >= 15 is 0 Å². The first-order valence-corrected chi connectivity index (χ1v) is 6.47. The van der Waals surface area contributed by atoms with E-state index in [0.29, 0.717) is 6.20 Å². The highest BCUT2D eigenvalue weighted by Crippen LogP contribution is 2.22. The van der Waals surface area contributed by atoms with Crippen LogP contribution in [-0.2, 0) is 9.47 Å². The van der Waals surface area contributed by atoms with Gasteiger partial charge in [0, 0.05) is 13.3 Å². The van der Waals surface area contributed by atoms with Crippen molar-refractivity contribution in [3.05, 3.63) is 11.9 Å². The molecule has 0 spiro atoms. The van der Waals surface area contributed by atoms with Crippen LogP contribution in [0.3, 0.4) is 0 Å². The number of nitrogens with one attached hydrogen (secondary N) is 1. The van der Waals surface area contributed by atoms with E-state index in [1.165, 1.54) is 14.0 Å². The van der Waals surface area contributed by atoms with Crippen molar-refractivity contribution in [2.24, 2.45) is 10.7 Å². The summed E-state index contributed by atoms with van der Waals surface area (Å²) in [4.78, 5) is 15.1. The molecule has 22 heavy (non-hydrogen) atoms. The third kappa shape index (κ3) is 7.87. The fourth-order valence-electron chi connectivity index (χ4n) is 1.39. The highest BCUT2D eigenvalue weighted by Gasteiger charge is 2.39. The van der Waals surface area contributed by atoms with Gasteiger partial charge < -0.3 is 15.2 Å². The molecule has 0 fully saturated rings. The number of aliphatic imine (C=N–C) groups is 1. The van der Waals surface area contributed by atoms with Gasteiger partial charge in [0.1, 0.15) is 5.60 Å². The molecule has 1 atom stereocenters. The summed E-state index contributed by atoms with van der Waals surface area (Å²) in [5.74, 6) is 0. The van der Waals surface area contributed by atoms with Crippen LogP contribution in [0.5, 0.6) is 0 Å². The van der Waals surface area contributed by atoms with Crippen molar-refractivity contribution in [2.75, 3.05) is 13.7 Å². The summed E-state index contributed by atoms with van der Waals surface area (Å²) in [6.07, 6.45) is -5.22. The molecule has 0 aromatic carbocycles. The number of carbonyl (C=O) groups excluding carboxylic acids is 1. The molecule has 0 heterocycles. The molecule has 0 aromatic rings. The number of rotatable bonds is 5. The molecular weight excluding hydrogens is 303 g/mol. The van der Waals surface area contributed by atoms with Gasteiger partial charge in [-0.25, -0.2) is 4.79 Å². The summed E-state index contributed by atoms with van der Waals surface area (Å²) in [6.45, 7) is 6.17. The Morgan fingerprint density at radius 2 is 1.91 bits per heavy atom. The SMILES string of the molecule is COCC(C)N=C(C(=CN)NC(=O)OC(C)(C)C)C(F)(F)F. The van der Waals surface area contributed by atoms with Gasteiger partial charge in [-0.1, -0.05) is 0 Å². The number of nitrogens with two attached hydrogens (primary N) is 1. The van der Waals surface area contributed by atoms with E-state index < -0.39 is 35.3 Å². The zero-order chi connectivity index (χ0) is 17.6. The lowest BCUT2D eigenvalue weighted by Crippen LogP contribution is -2.39. The topological polar surface area (TPSA) is 85.9 Å². The van der Waals surface area contributed by atoms with Crippen LogP contribution in [0, 0.1) is 0 Å². The van der Waals surface area contributed by atoms with Crippen LogP contribution in [0.1, 0.15) is 27.7 Å². The van der Waals surface area contributed by atoms with Gasteiger partial charge in [-0.15, -0.1) is 0 Å². The largest absolute Gasteiger partial charge is 0.444 e. The lowest BCUT2D eigenvalue weighted by molar-refractivity contribution is -0.0589. The lowest BCUT2D eigenvalue weighted by atomic mass is 10.2. The van der Waals surface area contributed by atoms with Crippen LogP contribution in [0.25, 0.3) is 0 Å². The predicted molar refractivity (Wildman–Crippen MR) is 76.5 cm³/mol. The quantitative estimate of drug-likeness (QED) is 0.760. The average Bonchev–Trinajstić information content (AvgIpc) is 2.30. The maximum atomic E-state index is 13.1. The molecule has 0 aliphatic carbocycles. The standard InChI is InChI=1S/C13H22F3N3O3/c1-8(7-21-5)18-10(13(14,15)16)9(6-17)19-11(20)22-12(2,3)4/h6,8H,7,17H2,1-5H3,(H,19,20). The van der Waals surface area contributed by atoms with Crippen molar-refractivity contribution in [3.63, 3.8) is 0 Å². The van der Waals surface area contributed by atoms with Crippen molar-refractivity contribution < 1.29 is 27.4 Å². The summed E-state index contributed by atoms with van der Waals surface area (Å²) < 4.78 is 48.9. The van der Waals surface area contributed by atoms with Crippen LogP contribution in [0.2, 0.25) is 0 Å². The van der Waals surface area contributed by atoms with Crippen molar-refractivity contribution in [2.45, 2.75) is 45.5 Å². The predicted octanol–water partition coefficient (Wildman–Crippen LogP) is 2.35. The molecule has 0 saturated heterocycles. The molecule has 0 aromatic heterocycles. The second kappa shape index (κ2) is 8.02. The fourth-order valence-corrected chi connectivity index (χ4v) is 1.39. The van der Waals surface area contributed by atoms with Gasteiger partial charge in [0.2, 0.25) is 0 Å². The summed E-state index contributed by atoms with van der Waals surface area (Å²) in [6, 6.07) is -0.767. The van der Waals surface area contributed by atoms with Gasteiger partial charge in [0.25, 0.3) is 0 Å². The van der Waals surface area contributed by atoms with E-state index in [1.807, 2.05) is 5.32 Å². The maximum absolute atomic E-state index is 13.1. The van der Waals surface area contributed by atoms with Crippen molar-refractivity contribution in [1.82, 2.24) is 5.32 Å². The molecule has 0 rings (SSSR count). The third-order valence-corrected chi connectivity index (χ3v) is 2.08. The Balaban J connectivity index is 5.31. The van der Waals surface area contributed by atoms with Crippen LogP contribution in [-0.4, -0.2) is 43.3 Å². The maximum Gasteiger partial charge on any atom is 0.435 e. The van der Waals surface area contributed by atoms with E-state index in [9.17, 15) is 18.0 Å². The number of alkyl carbamates (subject to hydrolysis) is 1. The minimum absolute atomic E-state index is 0.0101. The van der Waals surface area contributed by atoms with Gasteiger partial charge in [0.05, 0.1) is 18.3 Å². The minimum Gasteiger partial charge on any atom is -0.444 e. The molecule has 0 radical (unpaired) electrons. The molecule has 3 N–H and O–H groups in total. The molecule has 0 aliphatic rings. The first kappa shape index (κ1) is 20.2. The fraction of sp³-hybridized carbons (Fsp3) is 0.692. The first-order chi connectivity index (χ1) is 9.90. The molecule has 0 aliphatic heterocycles. The Bertz CT molecular complexity index is 440. The van der Waals surface area contributed by atoms with Gasteiger partial charge in [-0.3, -0.25) is 10.3 Å². The number of nitrogens with zero attached hydrogens (tertiary/aromatic N) is 1. The summed E-state index contributed by atoms with van der Waals surface area (Å²) in [5, 5.41) is 1.96. The number of ether oxygens (including phenoxy) is 2. The zero-order valence-corrected chi connectivity index (χ0v) is 13.2. The Labute approximate surface area is 127 Å². The lowest BCUT2D eigenvalue weighted by Gasteiger charge is -2.21. The molecular formula is C13H22F3N3O3. The van der Waals surface area contributed by atoms with E-state index in [-0.39, 0.29) is 6.61 Å². The molecule has 9 heteroatoms. The summed E-state index contributed by atoms with van der Waals surface area (Å²) in [7, 11) is 1.35. The second-order valence-corrected chi connectivity index (χ2v) is 5.49. The van der Waals surface area contributed by atoms with Gasteiger partial charge in [-0.2, -0.15) is 13.2 Å². The van der Waals surface area contributed by atoms with Gasteiger partial charge >= 0.3 is 12.3 Å². The van der Waals surface area contributed by atoms with E-state index in [4.69, 9.17) is 15.2 Å². The summed E-state index contributed by atoms with van der Waals surface area (Å²) >= 11 is 0. The number of hydrogen-bond donors (Lipinski definition) is 2. The van der Waals surface area contributed by atoms with Crippen molar-refractivity contribution in [1.29, 1.82) is 0 Å². The molecule has 128 valence electrons. The molecule has 1 unspecified atom stereocenters. The van der Waals surface area contributed by atoms with Crippen LogP contribution >= 0.6 is 0 Å². The Kier molecular flexibility index (Phi) is 7.37. The number of halogens is 3. The third-order valence-electron chi connectivity index (χ3n) is 2.08. The Hall–Kier alpha value is -1.77. The second-order valence-electron chi connectivity index (χ2n) is 5.49. The number of alkyl halides is 3. The van der Waals surface area contributed by atoms with Crippen molar-refractivity contribution >= 4 is 11.8 Å². The highest BCUT2D eigenvalue weighted by molar-refractivity contribution is 6.05. The van der Waals surface area contributed by atoms with Crippen LogP contribution < -0.4 is 11.1 Å². The highest BCUT2D eigenvalue weighted by atomic mass is 19.4. The van der Waals surface area contributed by atoms with Gasteiger partial charge in [-0.05, 0) is 27.7 Å². The van der Waals surface area contributed by atoms with E-state index in [0.717, 1.165) is 0 Å². The minimum atomic E-state index is -4.79. The van der Waals surface area contributed by atoms with Crippen molar-refractivity contribution in [3.8, 4) is 0 Å². The smallest absolute Gasteiger partial charge is 0.435 e. The Morgan fingerprint density at radius 3 is 2.27 bits per heavy atom. The van der Waals surface area contributed by atoms with Crippen LogP contribution in [0.15, 0.2) is 16.9 Å². The molecule has 1 amide bonds. The number of methoxy groups -OCH3 is 1. The Morgan fingerprint density at radius 1 is 1.36 bits per heavy atom. The zero-order valence-electron chi connectivity index (χ0n) is 13.2. The number of hydrogen-bond acceptors (Lipinski definition) is 5. The van der Waals surface area contributed by atoms with Gasteiger partial charge in [0.15, 0.2) is 5.71 Å². The van der Waals surface area contributed by atoms with E-state index in [2.05, 4.69) is 4.99 Å². The number of allylic oxidation sites excluding steroid dienone is 1. The molecule has 0 bridgehead atoms. The average molecular weight is 325 g/mol. The monoisotopic (exact) mass is 325 g/mol. The summed E-state index contributed by atoms with van der Waals surface area (Å²) in [5.41, 5.74) is 2.35. The van der Waals surface area contributed by atoms with E-state index in [1.54, 1.807) is 20.8 Å². The number of amides is 1. The first-order valence-electron chi connectivity index (χ1n) is 6.47. The number of carbonyl (C=O) groups is 1. The molecule has 6 nitrogen and oxygen atoms in total.